The fourth-order valence-electron chi connectivity index (χ4n) is 2.52. The van der Waals surface area contributed by atoms with Gasteiger partial charge in [-0.15, -0.1) is 0 Å². The number of nitrogens with two attached hydrogens (primary N) is 1. The number of aromatic hydroxyl groups is 1. The van der Waals surface area contributed by atoms with E-state index in [1.807, 2.05) is 19.1 Å². The van der Waals surface area contributed by atoms with Gasteiger partial charge >= 0.3 is 0 Å². The van der Waals surface area contributed by atoms with Gasteiger partial charge in [-0.2, -0.15) is 0 Å². The molecule has 0 fully saturated rings. The smallest absolute Gasteiger partial charge is 0.163 e. The van der Waals surface area contributed by atoms with Crippen LogP contribution in [-0.2, 0) is 6.42 Å². The van der Waals surface area contributed by atoms with Crippen LogP contribution in [0.1, 0.15) is 42.6 Å². The summed E-state index contributed by atoms with van der Waals surface area (Å²) in [4.78, 5) is 11.6. The molecule has 0 atom stereocenters. The van der Waals surface area contributed by atoms with Crippen molar-refractivity contribution < 1.29 is 19.4 Å². The SMILES string of the molecule is CCCc1c(OCCCOc2ccc(N)cc2)ccc(C(C)=O)c1O. The van der Waals surface area contributed by atoms with Gasteiger partial charge in [-0.25, -0.2) is 0 Å². The number of carbonyl (C=O) groups is 1. The number of phenols is 1. The Morgan fingerprint density at radius 3 is 2.40 bits per heavy atom. The molecule has 0 aromatic heterocycles. The number of rotatable bonds is 9. The van der Waals surface area contributed by atoms with E-state index in [-0.39, 0.29) is 11.5 Å². The molecular formula is C20H25NO4. The maximum Gasteiger partial charge on any atom is 0.163 e. The summed E-state index contributed by atoms with van der Waals surface area (Å²) in [7, 11) is 0. The number of Topliss-reactive ketones (excluding diaryl/α,β-unsaturated/α-hetero) is 1. The Balaban J connectivity index is 1.90. The zero-order valence-corrected chi connectivity index (χ0v) is 14.7. The highest BCUT2D eigenvalue weighted by molar-refractivity contribution is 5.97. The monoisotopic (exact) mass is 343 g/mol. The van der Waals surface area contributed by atoms with Crippen LogP contribution in [0.5, 0.6) is 17.2 Å². The van der Waals surface area contributed by atoms with Gasteiger partial charge < -0.3 is 20.3 Å². The van der Waals surface area contributed by atoms with Crippen molar-refractivity contribution >= 4 is 11.5 Å². The number of phenolic OH excluding ortho intramolecular Hbond substituents is 1. The van der Waals surface area contributed by atoms with Crippen LogP contribution in [0.4, 0.5) is 5.69 Å². The molecule has 0 aliphatic heterocycles. The molecule has 0 amide bonds. The van der Waals surface area contributed by atoms with Crippen molar-refractivity contribution in [2.24, 2.45) is 0 Å². The normalized spacial score (nSPS) is 10.5. The molecule has 134 valence electrons. The maximum atomic E-state index is 11.6. The number of anilines is 1. The standard InChI is InChI=1S/C20H25NO4/c1-3-5-18-19(11-10-17(14(2)22)20(18)23)25-13-4-12-24-16-8-6-15(21)7-9-16/h6-11,23H,3-5,12-13,21H2,1-2H3. The highest BCUT2D eigenvalue weighted by atomic mass is 16.5. The first-order valence-corrected chi connectivity index (χ1v) is 8.49. The summed E-state index contributed by atoms with van der Waals surface area (Å²) in [5.41, 5.74) is 7.36. The molecule has 0 saturated carbocycles. The third-order valence-electron chi connectivity index (χ3n) is 3.81. The van der Waals surface area contributed by atoms with Gasteiger partial charge in [0.25, 0.3) is 0 Å². The van der Waals surface area contributed by atoms with E-state index in [1.54, 1.807) is 24.3 Å². The van der Waals surface area contributed by atoms with Crippen LogP contribution in [0.3, 0.4) is 0 Å². The molecule has 2 aromatic rings. The number of carbonyl (C=O) groups excluding carboxylic acids is 1. The summed E-state index contributed by atoms with van der Waals surface area (Å²) in [5.74, 6) is 1.27. The summed E-state index contributed by atoms with van der Waals surface area (Å²) < 4.78 is 11.4. The molecule has 0 spiro atoms. The van der Waals surface area contributed by atoms with Gasteiger partial charge in [0.15, 0.2) is 5.78 Å². The zero-order valence-electron chi connectivity index (χ0n) is 14.7. The Morgan fingerprint density at radius 2 is 1.76 bits per heavy atom. The number of benzene rings is 2. The predicted molar refractivity (Wildman–Crippen MR) is 98.6 cm³/mol. The fraction of sp³-hybridized carbons (Fsp3) is 0.350. The topological polar surface area (TPSA) is 81.8 Å². The zero-order chi connectivity index (χ0) is 18.2. The Labute approximate surface area is 148 Å². The molecule has 3 N–H and O–H groups in total. The number of ether oxygens (including phenoxy) is 2. The third kappa shape index (κ3) is 5.14. The lowest BCUT2D eigenvalue weighted by atomic mass is 10.0. The quantitative estimate of drug-likeness (QED) is 0.409. The van der Waals surface area contributed by atoms with Gasteiger partial charge in [0.05, 0.1) is 18.8 Å². The van der Waals surface area contributed by atoms with Crippen molar-refractivity contribution in [1.29, 1.82) is 0 Å². The summed E-state index contributed by atoms with van der Waals surface area (Å²) in [6.45, 7) is 4.44. The Kier molecular flexibility index (Phi) is 6.69. The molecule has 0 bridgehead atoms. The minimum Gasteiger partial charge on any atom is -0.507 e. The number of ketones is 1. The van der Waals surface area contributed by atoms with Gasteiger partial charge in [0.1, 0.15) is 17.2 Å². The molecule has 5 heteroatoms. The molecule has 2 rings (SSSR count). The van der Waals surface area contributed by atoms with E-state index >= 15 is 0 Å². The van der Waals surface area contributed by atoms with Crippen molar-refractivity contribution in [2.45, 2.75) is 33.1 Å². The van der Waals surface area contributed by atoms with Gasteiger partial charge in [0.2, 0.25) is 0 Å². The average molecular weight is 343 g/mol. The number of nitrogen functional groups attached to an aromatic ring is 1. The second-order valence-corrected chi connectivity index (χ2v) is 5.86. The van der Waals surface area contributed by atoms with Crippen LogP contribution >= 0.6 is 0 Å². The maximum absolute atomic E-state index is 11.6. The van der Waals surface area contributed by atoms with Crippen molar-refractivity contribution in [3.05, 3.63) is 47.5 Å². The van der Waals surface area contributed by atoms with Crippen LogP contribution in [0, 0.1) is 0 Å². The average Bonchev–Trinajstić information content (AvgIpc) is 2.58. The molecule has 0 radical (unpaired) electrons. The summed E-state index contributed by atoms with van der Waals surface area (Å²) in [5, 5.41) is 10.3. The Morgan fingerprint density at radius 1 is 1.08 bits per heavy atom. The van der Waals surface area contributed by atoms with Crippen molar-refractivity contribution in [1.82, 2.24) is 0 Å². The lowest BCUT2D eigenvalue weighted by molar-refractivity contribution is 0.101. The van der Waals surface area contributed by atoms with Crippen LogP contribution in [0.15, 0.2) is 36.4 Å². The van der Waals surface area contributed by atoms with Gasteiger partial charge in [0, 0.05) is 17.7 Å². The van der Waals surface area contributed by atoms with E-state index in [2.05, 4.69) is 0 Å². The molecule has 0 aliphatic carbocycles. The van der Waals surface area contributed by atoms with E-state index in [9.17, 15) is 9.90 Å². The summed E-state index contributed by atoms with van der Waals surface area (Å²) >= 11 is 0. The van der Waals surface area contributed by atoms with Crippen LogP contribution in [-0.4, -0.2) is 24.1 Å². The molecule has 2 aromatic carbocycles. The lowest BCUT2D eigenvalue weighted by Crippen LogP contribution is -2.07. The van der Waals surface area contributed by atoms with Crippen LogP contribution < -0.4 is 15.2 Å². The number of hydrogen-bond donors (Lipinski definition) is 2. The fourth-order valence-corrected chi connectivity index (χ4v) is 2.52. The minimum atomic E-state index is -0.154. The van der Waals surface area contributed by atoms with E-state index < -0.39 is 0 Å². The first kappa shape index (κ1) is 18.6. The largest absolute Gasteiger partial charge is 0.507 e. The van der Waals surface area contributed by atoms with Gasteiger partial charge in [-0.05, 0) is 49.7 Å². The first-order chi connectivity index (χ1) is 12.0. The third-order valence-corrected chi connectivity index (χ3v) is 3.81. The summed E-state index contributed by atoms with van der Waals surface area (Å²) in [6, 6.07) is 10.6. The van der Waals surface area contributed by atoms with E-state index in [0.717, 1.165) is 12.2 Å². The predicted octanol–water partition coefficient (Wildman–Crippen LogP) is 3.98. The van der Waals surface area contributed by atoms with Crippen LogP contribution in [0.2, 0.25) is 0 Å². The minimum absolute atomic E-state index is 0.0324. The molecule has 25 heavy (non-hydrogen) atoms. The van der Waals surface area contributed by atoms with Crippen molar-refractivity contribution in [2.75, 3.05) is 18.9 Å². The van der Waals surface area contributed by atoms with E-state index in [4.69, 9.17) is 15.2 Å². The molecule has 0 unspecified atom stereocenters. The van der Waals surface area contributed by atoms with Crippen molar-refractivity contribution in [3.63, 3.8) is 0 Å². The summed E-state index contributed by atoms with van der Waals surface area (Å²) in [6.07, 6.45) is 2.21. The first-order valence-electron chi connectivity index (χ1n) is 8.49. The molecule has 0 heterocycles. The molecule has 5 nitrogen and oxygen atoms in total. The molecule has 0 saturated heterocycles. The number of hydrogen-bond acceptors (Lipinski definition) is 5. The van der Waals surface area contributed by atoms with Gasteiger partial charge in [-0.3, -0.25) is 4.79 Å². The lowest BCUT2D eigenvalue weighted by Gasteiger charge is -2.15. The van der Waals surface area contributed by atoms with Crippen LogP contribution in [0.25, 0.3) is 0 Å². The Bertz CT molecular complexity index is 710. The highest BCUT2D eigenvalue weighted by Gasteiger charge is 2.15. The van der Waals surface area contributed by atoms with E-state index in [1.165, 1.54) is 6.92 Å². The second-order valence-electron chi connectivity index (χ2n) is 5.86. The second kappa shape index (κ2) is 8.97. The molecular weight excluding hydrogens is 318 g/mol. The van der Waals surface area contributed by atoms with E-state index in [0.29, 0.717) is 48.6 Å². The Hall–Kier alpha value is -2.69. The molecule has 0 aliphatic rings. The van der Waals surface area contributed by atoms with Crippen molar-refractivity contribution in [3.8, 4) is 17.2 Å². The highest BCUT2D eigenvalue weighted by Crippen LogP contribution is 2.33. The van der Waals surface area contributed by atoms with Gasteiger partial charge in [-0.1, -0.05) is 13.3 Å².